The number of carbonyl (C=O) groups is 3. The first-order valence-electron chi connectivity index (χ1n) is 6.86. The predicted molar refractivity (Wildman–Crippen MR) is 77.4 cm³/mol. The fraction of sp³-hybridized carbons (Fsp3) is 0.333. The Morgan fingerprint density at radius 3 is 2.73 bits per heavy atom. The van der Waals surface area contributed by atoms with Gasteiger partial charge in [0.05, 0.1) is 12.2 Å². The number of hydrogen-bond acceptors (Lipinski definition) is 5. The van der Waals surface area contributed by atoms with E-state index in [1.807, 2.05) is 0 Å². The monoisotopic (exact) mass is 303 g/mol. The normalized spacial score (nSPS) is 18.0. The zero-order valence-electron chi connectivity index (χ0n) is 12.6. The molecule has 1 aromatic heterocycles. The van der Waals surface area contributed by atoms with Crippen molar-refractivity contribution in [3.8, 4) is 0 Å². The molecule has 1 aliphatic heterocycles. The highest BCUT2D eigenvalue weighted by Gasteiger charge is 2.40. The van der Waals surface area contributed by atoms with Gasteiger partial charge in [0, 0.05) is 25.0 Å². The standard InChI is InChI=1S/C15H17N3O4/c1-4-22-14(20)12-9(2)17-15(21)18(10(3)19)13(12)11-6-5-7-16-8-11/h5-8,13H,4H2,1-3H3,(H,17,21)/t13-/m0/s1. The van der Waals surface area contributed by atoms with E-state index in [1.165, 1.54) is 13.1 Å². The summed E-state index contributed by atoms with van der Waals surface area (Å²) in [7, 11) is 0. The second-order valence-electron chi connectivity index (χ2n) is 4.77. The van der Waals surface area contributed by atoms with Crippen LogP contribution in [-0.2, 0) is 14.3 Å². The maximum Gasteiger partial charge on any atom is 0.338 e. The van der Waals surface area contributed by atoms with Crippen LogP contribution < -0.4 is 5.32 Å². The summed E-state index contributed by atoms with van der Waals surface area (Å²) < 4.78 is 5.06. The fourth-order valence-electron chi connectivity index (χ4n) is 2.39. The molecule has 0 spiro atoms. The summed E-state index contributed by atoms with van der Waals surface area (Å²) in [4.78, 5) is 41.3. The quantitative estimate of drug-likeness (QED) is 0.855. The molecule has 0 aliphatic carbocycles. The van der Waals surface area contributed by atoms with E-state index >= 15 is 0 Å². The summed E-state index contributed by atoms with van der Waals surface area (Å²) in [5, 5.41) is 2.52. The van der Waals surface area contributed by atoms with Crippen LogP contribution in [0, 0.1) is 0 Å². The van der Waals surface area contributed by atoms with E-state index < -0.39 is 23.9 Å². The summed E-state index contributed by atoms with van der Waals surface area (Å²) in [5.74, 6) is -1.04. The largest absolute Gasteiger partial charge is 0.463 e. The van der Waals surface area contributed by atoms with E-state index in [0.717, 1.165) is 4.90 Å². The predicted octanol–water partition coefficient (Wildman–Crippen LogP) is 1.53. The van der Waals surface area contributed by atoms with Crippen molar-refractivity contribution in [2.24, 2.45) is 0 Å². The van der Waals surface area contributed by atoms with E-state index in [4.69, 9.17) is 4.74 Å². The molecule has 1 N–H and O–H groups in total. The molecule has 0 aromatic carbocycles. The minimum Gasteiger partial charge on any atom is -0.463 e. The summed E-state index contributed by atoms with van der Waals surface area (Å²) in [5.41, 5.74) is 1.16. The number of aromatic nitrogens is 1. The molecule has 1 atom stereocenters. The zero-order valence-corrected chi connectivity index (χ0v) is 12.6. The highest BCUT2D eigenvalue weighted by atomic mass is 16.5. The topological polar surface area (TPSA) is 88.6 Å². The highest BCUT2D eigenvalue weighted by molar-refractivity contribution is 6.01. The number of pyridine rings is 1. The van der Waals surface area contributed by atoms with Gasteiger partial charge in [-0.2, -0.15) is 0 Å². The Kier molecular flexibility index (Phi) is 4.55. The molecular weight excluding hydrogens is 286 g/mol. The van der Waals surface area contributed by atoms with E-state index in [1.54, 1.807) is 32.2 Å². The van der Waals surface area contributed by atoms with Crippen LogP contribution in [0.4, 0.5) is 4.79 Å². The van der Waals surface area contributed by atoms with Crippen molar-refractivity contribution >= 4 is 17.9 Å². The maximum atomic E-state index is 12.3. The number of ether oxygens (including phenoxy) is 1. The summed E-state index contributed by atoms with van der Waals surface area (Å²) >= 11 is 0. The average Bonchev–Trinajstić information content (AvgIpc) is 2.47. The molecule has 1 aromatic rings. The van der Waals surface area contributed by atoms with Gasteiger partial charge in [0.25, 0.3) is 0 Å². The van der Waals surface area contributed by atoms with Crippen LogP contribution >= 0.6 is 0 Å². The summed E-state index contributed by atoms with van der Waals surface area (Å²) in [6.45, 7) is 4.76. The molecule has 3 amide bonds. The second kappa shape index (κ2) is 6.38. The van der Waals surface area contributed by atoms with Crippen LogP contribution in [0.5, 0.6) is 0 Å². The van der Waals surface area contributed by atoms with Crippen LogP contribution in [-0.4, -0.2) is 34.4 Å². The lowest BCUT2D eigenvalue weighted by Crippen LogP contribution is -2.50. The first-order chi connectivity index (χ1) is 10.5. The smallest absolute Gasteiger partial charge is 0.338 e. The summed E-state index contributed by atoms with van der Waals surface area (Å²) in [6, 6.07) is 1.96. The lowest BCUT2D eigenvalue weighted by atomic mass is 9.95. The van der Waals surface area contributed by atoms with Crippen LogP contribution in [0.3, 0.4) is 0 Å². The van der Waals surface area contributed by atoms with Crippen LogP contribution in [0.15, 0.2) is 35.8 Å². The first-order valence-corrected chi connectivity index (χ1v) is 6.86. The number of hydrogen-bond donors (Lipinski definition) is 1. The van der Waals surface area contributed by atoms with Crippen molar-refractivity contribution in [2.75, 3.05) is 6.61 Å². The van der Waals surface area contributed by atoms with Crippen molar-refractivity contribution in [2.45, 2.75) is 26.8 Å². The minimum absolute atomic E-state index is 0.198. The molecular formula is C15H17N3O4. The first kappa shape index (κ1) is 15.7. The Bertz CT molecular complexity index is 639. The van der Waals surface area contributed by atoms with Crippen molar-refractivity contribution < 1.29 is 19.1 Å². The molecule has 0 saturated heterocycles. The molecule has 0 unspecified atom stereocenters. The number of rotatable bonds is 3. The van der Waals surface area contributed by atoms with E-state index in [0.29, 0.717) is 11.3 Å². The maximum absolute atomic E-state index is 12.3. The molecule has 1 aliphatic rings. The van der Waals surface area contributed by atoms with Gasteiger partial charge < -0.3 is 10.1 Å². The summed E-state index contributed by atoms with van der Waals surface area (Å²) in [6.07, 6.45) is 3.09. The second-order valence-corrected chi connectivity index (χ2v) is 4.77. The number of allylic oxidation sites excluding steroid dienone is 1. The molecule has 0 bridgehead atoms. The molecule has 116 valence electrons. The molecule has 0 radical (unpaired) electrons. The Balaban J connectivity index is 2.60. The Labute approximate surface area is 128 Å². The molecule has 0 fully saturated rings. The van der Waals surface area contributed by atoms with E-state index in [9.17, 15) is 14.4 Å². The molecule has 7 heteroatoms. The van der Waals surface area contributed by atoms with Crippen LogP contribution in [0.1, 0.15) is 32.4 Å². The number of nitrogens with zero attached hydrogens (tertiary/aromatic N) is 2. The fourth-order valence-corrected chi connectivity index (χ4v) is 2.39. The molecule has 7 nitrogen and oxygen atoms in total. The number of imide groups is 1. The van der Waals surface area contributed by atoms with E-state index in [2.05, 4.69) is 10.3 Å². The number of nitrogens with one attached hydrogen (secondary N) is 1. The number of carbonyl (C=O) groups excluding carboxylic acids is 3. The number of esters is 1. The van der Waals surface area contributed by atoms with Gasteiger partial charge in [-0.1, -0.05) is 6.07 Å². The molecule has 2 rings (SSSR count). The van der Waals surface area contributed by atoms with Gasteiger partial charge in [-0.15, -0.1) is 0 Å². The number of urea groups is 1. The Morgan fingerprint density at radius 1 is 1.45 bits per heavy atom. The van der Waals surface area contributed by atoms with Gasteiger partial charge in [-0.05, 0) is 25.5 Å². The molecule has 0 saturated carbocycles. The third kappa shape index (κ3) is 2.83. The van der Waals surface area contributed by atoms with Crippen molar-refractivity contribution in [1.82, 2.24) is 15.2 Å². The van der Waals surface area contributed by atoms with E-state index in [-0.39, 0.29) is 12.2 Å². The highest BCUT2D eigenvalue weighted by Crippen LogP contribution is 2.33. The van der Waals surface area contributed by atoms with Crippen molar-refractivity contribution in [3.05, 3.63) is 41.4 Å². The van der Waals surface area contributed by atoms with Crippen molar-refractivity contribution in [3.63, 3.8) is 0 Å². The van der Waals surface area contributed by atoms with Crippen LogP contribution in [0.25, 0.3) is 0 Å². The third-order valence-electron chi connectivity index (χ3n) is 3.28. The third-order valence-corrected chi connectivity index (χ3v) is 3.28. The van der Waals surface area contributed by atoms with Gasteiger partial charge in [-0.3, -0.25) is 14.7 Å². The van der Waals surface area contributed by atoms with Gasteiger partial charge in [0.1, 0.15) is 6.04 Å². The lowest BCUT2D eigenvalue weighted by Gasteiger charge is -2.35. The Hall–Kier alpha value is -2.70. The Morgan fingerprint density at radius 2 is 2.18 bits per heavy atom. The molecule has 22 heavy (non-hydrogen) atoms. The van der Waals surface area contributed by atoms with Gasteiger partial charge in [0.15, 0.2) is 0 Å². The van der Waals surface area contributed by atoms with Gasteiger partial charge in [0.2, 0.25) is 5.91 Å². The van der Waals surface area contributed by atoms with Crippen LogP contribution in [0.2, 0.25) is 0 Å². The zero-order chi connectivity index (χ0) is 16.3. The minimum atomic E-state index is -0.848. The number of amides is 3. The molecule has 2 heterocycles. The van der Waals surface area contributed by atoms with Crippen molar-refractivity contribution in [1.29, 1.82) is 0 Å². The van der Waals surface area contributed by atoms with Gasteiger partial charge >= 0.3 is 12.0 Å². The SMILES string of the molecule is CCOC(=O)C1=C(C)NC(=O)N(C(C)=O)[C@H]1c1cccnc1. The van der Waals surface area contributed by atoms with Gasteiger partial charge in [-0.25, -0.2) is 9.59 Å². The average molecular weight is 303 g/mol. The lowest BCUT2D eigenvalue weighted by molar-refractivity contribution is -0.139.